The zero-order valence-electron chi connectivity index (χ0n) is 10.6. The summed E-state index contributed by atoms with van der Waals surface area (Å²) < 4.78 is 12.8. The fourth-order valence-corrected chi connectivity index (χ4v) is 2.54. The van der Waals surface area contributed by atoms with Gasteiger partial charge in [-0.05, 0) is 43.5 Å². The van der Waals surface area contributed by atoms with E-state index in [1.807, 2.05) is 4.90 Å². The number of carbonyl (C=O) groups excluding carboxylic acids is 1. The first kappa shape index (κ1) is 13.0. The summed E-state index contributed by atoms with van der Waals surface area (Å²) in [5.74, 6) is 0.242. The van der Waals surface area contributed by atoms with Crippen molar-refractivity contribution in [1.82, 2.24) is 4.90 Å². The van der Waals surface area contributed by atoms with E-state index in [0.29, 0.717) is 18.9 Å². The maximum absolute atomic E-state index is 12.8. The van der Waals surface area contributed by atoms with Crippen molar-refractivity contribution in [2.24, 2.45) is 11.7 Å². The number of benzene rings is 1. The van der Waals surface area contributed by atoms with Crippen LogP contribution in [0.15, 0.2) is 24.3 Å². The molecule has 2 rings (SSSR count). The topological polar surface area (TPSA) is 46.3 Å². The van der Waals surface area contributed by atoms with Gasteiger partial charge in [0, 0.05) is 12.6 Å². The SMILES string of the molecule is CC1CC(CN)CN1C(=O)Cc1ccc(F)cc1. The van der Waals surface area contributed by atoms with Gasteiger partial charge in [0.1, 0.15) is 5.82 Å². The molecule has 4 heteroatoms. The number of hydrogen-bond donors (Lipinski definition) is 1. The normalized spacial score (nSPS) is 23.4. The Kier molecular flexibility index (Phi) is 3.97. The number of hydrogen-bond acceptors (Lipinski definition) is 2. The third-order valence-corrected chi connectivity index (χ3v) is 3.58. The van der Waals surface area contributed by atoms with Gasteiger partial charge in [-0.3, -0.25) is 4.79 Å². The largest absolute Gasteiger partial charge is 0.339 e. The molecule has 1 fully saturated rings. The Morgan fingerprint density at radius 3 is 2.67 bits per heavy atom. The summed E-state index contributed by atoms with van der Waals surface area (Å²) in [5.41, 5.74) is 6.50. The van der Waals surface area contributed by atoms with Crippen molar-refractivity contribution in [3.8, 4) is 0 Å². The molecule has 2 N–H and O–H groups in total. The van der Waals surface area contributed by atoms with E-state index in [1.54, 1.807) is 12.1 Å². The molecule has 1 heterocycles. The zero-order valence-corrected chi connectivity index (χ0v) is 10.6. The molecule has 0 aliphatic carbocycles. The van der Waals surface area contributed by atoms with E-state index >= 15 is 0 Å². The van der Waals surface area contributed by atoms with Crippen LogP contribution in [0.25, 0.3) is 0 Å². The summed E-state index contributed by atoms with van der Waals surface area (Å²) in [6.45, 7) is 3.43. The minimum atomic E-state index is -0.274. The fourth-order valence-electron chi connectivity index (χ4n) is 2.54. The third kappa shape index (κ3) is 2.88. The standard InChI is InChI=1S/C14H19FN2O/c1-10-6-12(8-16)9-17(10)14(18)7-11-2-4-13(15)5-3-11/h2-5,10,12H,6-9,16H2,1H3. The molecule has 18 heavy (non-hydrogen) atoms. The van der Waals surface area contributed by atoms with E-state index < -0.39 is 0 Å². The fraction of sp³-hybridized carbons (Fsp3) is 0.500. The number of rotatable bonds is 3. The Bertz CT molecular complexity index is 418. The Morgan fingerprint density at radius 1 is 1.44 bits per heavy atom. The van der Waals surface area contributed by atoms with Crippen molar-refractivity contribution < 1.29 is 9.18 Å². The Hall–Kier alpha value is -1.42. The van der Waals surface area contributed by atoms with Crippen molar-refractivity contribution in [2.45, 2.75) is 25.8 Å². The molecule has 0 saturated carbocycles. The Balaban J connectivity index is 1.98. The molecule has 0 bridgehead atoms. The van der Waals surface area contributed by atoms with Gasteiger partial charge in [-0.25, -0.2) is 4.39 Å². The van der Waals surface area contributed by atoms with Crippen molar-refractivity contribution >= 4 is 5.91 Å². The van der Waals surface area contributed by atoms with Crippen molar-refractivity contribution in [1.29, 1.82) is 0 Å². The molecule has 1 aromatic carbocycles. The monoisotopic (exact) mass is 250 g/mol. The molecular formula is C14H19FN2O. The first-order valence-electron chi connectivity index (χ1n) is 6.34. The predicted octanol–water partition coefficient (Wildman–Crippen LogP) is 1.56. The smallest absolute Gasteiger partial charge is 0.227 e. The number of likely N-dealkylation sites (tertiary alicyclic amines) is 1. The van der Waals surface area contributed by atoms with Gasteiger partial charge >= 0.3 is 0 Å². The molecule has 0 spiro atoms. The number of nitrogens with two attached hydrogens (primary N) is 1. The lowest BCUT2D eigenvalue weighted by atomic mass is 10.1. The van der Waals surface area contributed by atoms with E-state index in [9.17, 15) is 9.18 Å². The van der Waals surface area contributed by atoms with Crippen molar-refractivity contribution in [3.63, 3.8) is 0 Å². The molecule has 3 nitrogen and oxygen atoms in total. The van der Waals surface area contributed by atoms with Gasteiger partial charge in [0.05, 0.1) is 6.42 Å². The third-order valence-electron chi connectivity index (χ3n) is 3.58. The summed E-state index contributed by atoms with van der Waals surface area (Å²) in [4.78, 5) is 14.1. The molecule has 2 unspecified atom stereocenters. The lowest BCUT2D eigenvalue weighted by Crippen LogP contribution is -2.35. The highest BCUT2D eigenvalue weighted by Crippen LogP contribution is 2.22. The van der Waals surface area contributed by atoms with Crippen LogP contribution >= 0.6 is 0 Å². The summed E-state index contributed by atoms with van der Waals surface area (Å²) in [5, 5.41) is 0. The number of carbonyl (C=O) groups is 1. The highest BCUT2D eigenvalue weighted by molar-refractivity contribution is 5.79. The number of nitrogens with zero attached hydrogens (tertiary/aromatic N) is 1. The van der Waals surface area contributed by atoms with E-state index in [-0.39, 0.29) is 17.8 Å². The Morgan fingerprint density at radius 2 is 2.11 bits per heavy atom. The molecule has 1 aliphatic rings. The average Bonchev–Trinajstić information content (AvgIpc) is 2.73. The first-order valence-corrected chi connectivity index (χ1v) is 6.34. The van der Waals surface area contributed by atoms with Crippen LogP contribution in [-0.4, -0.2) is 29.9 Å². The van der Waals surface area contributed by atoms with Crippen LogP contribution in [0.3, 0.4) is 0 Å². The second-order valence-corrected chi connectivity index (χ2v) is 5.04. The molecule has 0 aromatic heterocycles. The second-order valence-electron chi connectivity index (χ2n) is 5.04. The maximum atomic E-state index is 12.8. The van der Waals surface area contributed by atoms with Crippen LogP contribution in [0.2, 0.25) is 0 Å². The van der Waals surface area contributed by atoms with Gasteiger partial charge in [0.25, 0.3) is 0 Å². The molecular weight excluding hydrogens is 231 g/mol. The van der Waals surface area contributed by atoms with Crippen LogP contribution in [0.1, 0.15) is 18.9 Å². The lowest BCUT2D eigenvalue weighted by molar-refractivity contribution is -0.131. The van der Waals surface area contributed by atoms with Crippen LogP contribution in [0.4, 0.5) is 4.39 Å². The molecule has 1 amide bonds. The van der Waals surface area contributed by atoms with Gasteiger partial charge in [-0.15, -0.1) is 0 Å². The number of amides is 1. The van der Waals surface area contributed by atoms with Crippen LogP contribution < -0.4 is 5.73 Å². The average molecular weight is 250 g/mol. The molecule has 98 valence electrons. The molecule has 0 radical (unpaired) electrons. The van der Waals surface area contributed by atoms with Gasteiger partial charge < -0.3 is 10.6 Å². The van der Waals surface area contributed by atoms with Crippen LogP contribution in [-0.2, 0) is 11.2 Å². The Labute approximate surface area is 107 Å². The van der Waals surface area contributed by atoms with E-state index in [0.717, 1.165) is 18.5 Å². The quantitative estimate of drug-likeness (QED) is 0.885. The summed E-state index contributed by atoms with van der Waals surface area (Å²) in [6, 6.07) is 6.35. The molecule has 1 aliphatic heterocycles. The van der Waals surface area contributed by atoms with Crippen molar-refractivity contribution in [2.75, 3.05) is 13.1 Å². The van der Waals surface area contributed by atoms with Gasteiger partial charge in [0.2, 0.25) is 5.91 Å². The first-order chi connectivity index (χ1) is 8.60. The minimum absolute atomic E-state index is 0.102. The summed E-state index contributed by atoms with van der Waals surface area (Å²) in [6.07, 6.45) is 1.31. The van der Waals surface area contributed by atoms with E-state index in [4.69, 9.17) is 5.73 Å². The van der Waals surface area contributed by atoms with Crippen molar-refractivity contribution in [3.05, 3.63) is 35.6 Å². The lowest BCUT2D eigenvalue weighted by Gasteiger charge is -2.21. The van der Waals surface area contributed by atoms with Gasteiger partial charge in [-0.2, -0.15) is 0 Å². The molecule has 2 atom stereocenters. The summed E-state index contributed by atoms with van der Waals surface area (Å²) in [7, 11) is 0. The van der Waals surface area contributed by atoms with Crippen LogP contribution in [0, 0.1) is 11.7 Å². The minimum Gasteiger partial charge on any atom is -0.339 e. The maximum Gasteiger partial charge on any atom is 0.227 e. The molecule has 1 aromatic rings. The van der Waals surface area contributed by atoms with Crippen LogP contribution in [0.5, 0.6) is 0 Å². The highest BCUT2D eigenvalue weighted by atomic mass is 19.1. The van der Waals surface area contributed by atoms with E-state index in [2.05, 4.69) is 6.92 Å². The second kappa shape index (κ2) is 5.48. The van der Waals surface area contributed by atoms with Gasteiger partial charge in [-0.1, -0.05) is 12.1 Å². The number of halogens is 1. The summed E-state index contributed by atoms with van der Waals surface area (Å²) >= 11 is 0. The highest BCUT2D eigenvalue weighted by Gasteiger charge is 2.31. The predicted molar refractivity (Wildman–Crippen MR) is 68.4 cm³/mol. The van der Waals surface area contributed by atoms with E-state index in [1.165, 1.54) is 12.1 Å². The zero-order chi connectivity index (χ0) is 13.1. The molecule has 1 saturated heterocycles. The van der Waals surface area contributed by atoms with Gasteiger partial charge in [0.15, 0.2) is 0 Å².